The summed E-state index contributed by atoms with van der Waals surface area (Å²) in [6, 6.07) is -0.232. The van der Waals surface area contributed by atoms with Crippen LogP contribution in [0.4, 0.5) is 0 Å². The fraction of sp³-hybridized carbons (Fsp3) is 0.818. The number of nitrogens with one attached hydrogen (secondary N) is 2. The highest BCUT2D eigenvalue weighted by Gasteiger charge is 2.20. The highest BCUT2D eigenvalue weighted by Crippen LogP contribution is 2.00. The van der Waals surface area contributed by atoms with Gasteiger partial charge in [0.2, 0.25) is 5.91 Å². The van der Waals surface area contributed by atoms with Crippen LogP contribution in [0.25, 0.3) is 0 Å². The van der Waals surface area contributed by atoms with Crippen molar-refractivity contribution in [3.8, 4) is 0 Å². The van der Waals surface area contributed by atoms with Gasteiger partial charge in [-0.05, 0) is 13.0 Å². The monoisotopic (exact) mass is 214 g/mol. The van der Waals surface area contributed by atoms with Crippen LogP contribution in [0.15, 0.2) is 0 Å². The van der Waals surface area contributed by atoms with E-state index in [0.717, 1.165) is 0 Å². The topological polar surface area (TPSA) is 58.2 Å². The van der Waals surface area contributed by atoms with E-state index in [2.05, 4.69) is 10.6 Å². The van der Waals surface area contributed by atoms with Crippen LogP contribution in [0, 0.1) is 11.8 Å². The van der Waals surface area contributed by atoms with E-state index < -0.39 is 0 Å². The van der Waals surface area contributed by atoms with Crippen LogP contribution in [0.5, 0.6) is 0 Å². The summed E-state index contributed by atoms with van der Waals surface area (Å²) in [6.07, 6.45) is 0. The molecule has 1 unspecified atom stereocenters. The minimum Gasteiger partial charge on any atom is -0.348 e. The van der Waals surface area contributed by atoms with Gasteiger partial charge in [-0.3, -0.25) is 9.59 Å². The van der Waals surface area contributed by atoms with E-state index in [1.807, 2.05) is 27.7 Å². The van der Waals surface area contributed by atoms with E-state index in [1.165, 1.54) is 0 Å². The van der Waals surface area contributed by atoms with E-state index in [0.29, 0.717) is 0 Å². The van der Waals surface area contributed by atoms with Crippen molar-refractivity contribution in [1.82, 2.24) is 10.6 Å². The third-order valence-electron chi connectivity index (χ3n) is 2.34. The van der Waals surface area contributed by atoms with E-state index in [4.69, 9.17) is 0 Å². The highest BCUT2D eigenvalue weighted by molar-refractivity contribution is 5.89. The van der Waals surface area contributed by atoms with Gasteiger partial charge in [-0.2, -0.15) is 0 Å². The van der Waals surface area contributed by atoms with Crippen molar-refractivity contribution in [2.45, 2.75) is 33.7 Å². The standard InChI is InChI=1S/C11H22N2O2/c1-7(2)9(14)6-13-11(15)10(12-5)8(3)4/h7-8,10,12H,6H2,1-5H3,(H,13,15). The van der Waals surface area contributed by atoms with Crippen LogP contribution in [0.2, 0.25) is 0 Å². The second-order valence-corrected chi connectivity index (χ2v) is 4.35. The average Bonchev–Trinajstić information content (AvgIpc) is 2.14. The lowest BCUT2D eigenvalue weighted by molar-refractivity contribution is -0.128. The molecule has 4 heteroatoms. The number of carbonyl (C=O) groups is 2. The third kappa shape index (κ3) is 4.93. The summed E-state index contributed by atoms with van der Waals surface area (Å²) in [6.45, 7) is 7.70. The molecule has 0 aliphatic carbocycles. The van der Waals surface area contributed by atoms with E-state index in [9.17, 15) is 9.59 Å². The molecule has 0 saturated carbocycles. The Kier molecular flexibility index (Phi) is 6.17. The molecule has 1 atom stereocenters. The summed E-state index contributed by atoms with van der Waals surface area (Å²) in [5.74, 6) is 0.130. The fourth-order valence-electron chi connectivity index (χ4n) is 1.26. The van der Waals surface area contributed by atoms with Crippen LogP contribution in [0.1, 0.15) is 27.7 Å². The van der Waals surface area contributed by atoms with Gasteiger partial charge < -0.3 is 10.6 Å². The van der Waals surface area contributed by atoms with Crippen LogP contribution < -0.4 is 10.6 Å². The summed E-state index contributed by atoms with van der Waals surface area (Å²) in [4.78, 5) is 22.9. The SMILES string of the molecule is CNC(C(=O)NCC(=O)C(C)C)C(C)C. The van der Waals surface area contributed by atoms with Gasteiger partial charge in [-0.25, -0.2) is 0 Å². The molecule has 0 aliphatic heterocycles. The first-order valence-electron chi connectivity index (χ1n) is 5.37. The van der Waals surface area contributed by atoms with Crippen molar-refractivity contribution in [3.63, 3.8) is 0 Å². The molecule has 0 aromatic carbocycles. The van der Waals surface area contributed by atoms with Crippen molar-refractivity contribution in [2.24, 2.45) is 11.8 Å². The van der Waals surface area contributed by atoms with Crippen LogP contribution in [-0.4, -0.2) is 31.3 Å². The van der Waals surface area contributed by atoms with Crippen molar-refractivity contribution >= 4 is 11.7 Å². The second kappa shape index (κ2) is 6.56. The summed E-state index contributed by atoms with van der Waals surface area (Å²) in [7, 11) is 1.74. The number of Topliss-reactive ketones (excluding diaryl/α,β-unsaturated/α-hetero) is 1. The first-order valence-corrected chi connectivity index (χ1v) is 5.37. The largest absolute Gasteiger partial charge is 0.348 e. The van der Waals surface area contributed by atoms with Crippen LogP contribution in [0.3, 0.4) is 0 Å². The normalized spacial score (nSPS) is 13.0. The summed E-state index contributed by atoms with van der Waals surface area (Å²) < 4.78 is 0. The maximum Gasteiger partial charge on any atom is 0.237 e. The predicted molar refractivity (Wildman–Crippen MR) is 60.5 cm³/mol. The van der Waals surface area contributed by atoms with Crippen molar-refractivity contribution in [3.05, 3.63) is 0 Å². The van der Waals surface area contributed by atoms with Gasteiger partial charge in [0.05, 0.1) is 12.6 Å². The molecule has 0 rings (SSSR count). The molecule has 0 heterocycles. The molecule has 2 N–H and O–H groups in total. The predicted octanol–water partition coefficient (Wildman–Crippen LogP) is 0.572. The average molecular weight is 214 g/mol. The van der Waals surface area contributed by atoms with E-state index in [1.54, 1.807) is 7.05 Å². The maximum absolute atomic E-state index is 11.6. The Labute approximate surface area is 91.8 Å². The second-order valence-electron chi connectivity index (χ2n) is 4.35. The number of carbonyl (C=O) groups excluding carboxylic acids is 2. The molecule has 0 fully saturated rings. The maximum atomic E-state index is 11.6. The molecule has 0 aliphatic rings. The zero-order chi connectivity index (χ0) is 12.0. The van der Waals surface area contributed by atoms with Gasteiger partial charge in [-0.15, -0.1) is 0 Å². The first-order chi connectivity index (χ1) is 6.90. The van der Waals surface area contributed by atoms with Gasteiger partial charge in [0.15, 0.2) is 5.78 Å². The third-order valence-corrected chi connectivity index (χ3v) is 2.34. The molecular weight excluding hydrogens is 192 g/mol. The van der Waals surface area contributed by atoms with Gasteiger partial charge in [0, 0.05) is 5.92 Å². The molecular formula is C11H22N2O2. The Morgan fingerprint density at radius 2 is 1.67 bits per heavy atom. The Hall–Kier alpha value is -0.900. The van der Waals surface area contributed by atoms with Crippen molar-refractivity contribution in [1.29, 1.82) is 0 Å². The number of rotatable bonds is 6. The minimum atomic E-state index is -0.232. The number of likely N-dealkylation sites (N-methyl/N-ethyl adjacent to an activating group) is 1. The number of amides is 1. The first kappa shape index (κ1) is 14.1. The molecule has 0 spiro atoms. The Morgan fingerprint density at radius 1 is 1.13 bits per heavy atom. The molecule has 0 aromatic rings. The molecule has 88 valence electrons. The molecule has 0 aromatic heterocycles. The summed E-state index contributed by atoms with van der Waals surface area (Å²) >= 11 is 0. The van der Waals surface area contributed by atoms with Gasteiger partial charge in [-0.1, -0.05) is 27.7 Å². The van der Waals surface area contributed by atoms with Crippen molar-refractivity contribution in [2.75, 3.05) is 13.6 Å². The van der Waals surface area contributed by atoms with E-state index >= 15 is 0 Å². The quantitative estimate of drug-likeness (QED) is 0.679. The van der Waals surface area contributed by atoms with Crippen LogP contribution >= 0.6 is 0 Å². The lowest BCUT2D eigenvalue weighted by atomic mass is 10.0. The number of ketones is 1. The minimum absolute atomic E-state index is 0.0302. The number of hydrogen-bond donors (Lipinski definition) is 2. The molecule has 15 heavy (non-hydrogen) atoms. The fourth-order valence-corrected chi connectivity index (χ4v) is 1.26. The lowest BCUT2D eigenvalue weighted by Crippen LogP contribution is -2.47. The molecule has 0 saturated heterocycles. The molecule has 1 amide bonds. The molecule has 0 bridgehead atoms. The molecule has 0 radical (unpaired) electrons. The summed E-state index contributed by atoms with van der Waals surface area (Å²) in [5, 5.41) is 5.58. The molecule has 4 nitrogen and oxygen atoms in total. The number of hydrogen-bond acceptors (Lipinski definition) is 3. The Morgan fingerprint density at radius 3 is 2.00 bits per heavy atom. The smallest absolute Gasteiger partial charge is 0.237 e. The van der Waals surface area contributed by atoms with Crippen molar-refractivity contribution < 1.29 is 9.59 Å². The van der Waals surface area contributed by atoms with Gasteiger partial charge in [0.1, 0.15) is 0 Å². The Balaban J connectivity index is 4.07. The lowest BCUT2D eigenvalue weighted by Gasteiger charge is -2.19. The summed E-state index contributed by atoms with van der Waals surface area (Å²) in [5.41, 5.74) is 0. The zero-order valence-corrected chi connectivity index (χ0v) is 10.3. The van der Waals surface area contributed by atoms with E-state index in [-0.39, 0.29) is 36.1 Å². The van der Waals surface area contributed by atoms with Crippen LogP contribution in [-0.2, 0) is 9.59 Å². The zero-order valence-electron chi connectivity index (χ0n) is 10.3. The van der Waals surface area contributed by atoms with Gasteiger partial charge >= 0.3 is 0 Å². The van der Waals surface area contributed by atoms with Gasteiger partial charge in [0.25, 0.3) is 0 Å². The highest BCUT2D eigenvalue weighted by atomic mass is 16.2. The Bertz CT molecular complexity index is 225.